The van der Waals surface area contributed by atoms with Gasteiger partial charge in [-0.2, -0.15) is 5.10 Å². The number of fused-ring (bicyclic) bond motifs is 1. The van der Waals surface area contributed by atoms with Crippen LogP contribution in [0.15, 0.2) is 41.5 Å². The lowest BCUT2D eigenvalue weighted by Crippen LogP contribution is -2.22. The smallest absolute Gasteiger partial charge is 0.271 e. The zero-order valence-electron chi connectivity index (χ0n) is 15.4. The summed E-state index contributed by atoms with van der Waals surface area (Å²) in [5, 5.41) is 4.46. The highest BCUT2D eigenvalue weighted by Gasteiger charge is 2.16. The zero-order valence-corrected chi connectivity index (χ0v) is 16.1. The van der Waals surface area contributed by atoms with Gasteiger partial charge >= 0.3 is 0 Å². The first kappa shape index (κ1) is 19.0. The molecule has 27 heavy (non-hydrogen) atoms. The highest BCUT2D eigenvalue weighted by Crippen LogP contribution is 2.37. The van der Waals surface area contributed by atoms with Gasteiger partial charge in [0.1, 0.15) is 13.2 Å². The number of nitrogens with one attached hydrogen (secondary N) is 1. The van der Waals surface area contributed by atoms with Gasteiger partial charge in [0.2, 0.25) is 0 Å². The number of benzene rings is 2. The Labute approximate surface area is 163 Å². The summed E-state index contributed by atoms with van der Waals surface area (Å²) in [5.74, 6) is 0.840. The number of carbonyl (C=O) groups is 1. The Morgan fingerprint density at radius 1 is 1.19 bits per heavy atom. The van der Waals surface area contributed by atoms with Crippen molar-refractivity contribution in [3.63, 3.8) is 0 Å². The van der Waals surface area contributed by atoms with Gasteiger partial charge in [0.25, 0.3) is 5.91 Å². The number of anilines is 1. The molecule has 1 N–H and O–H groups in total. The Balaban J connectivity index is 1.64. The summed E-state index contributed by atoms with van der Waals surface area (Å²) in [7, 11) is 0. The molecule has 1 amide bonds. The van der Waals surface area contributed by atoms with E-state index in [1.165, 1.54) is 6.21 Å². The molecule has 6 nitrogen and oxygen atoms in total. The molecule has 2 aromatic rings. The van der Waals surface area contributed by atoms with Gasteiger partial charge in [-0.3, -0.25) is 4.79 Å². The van der Waals surface area contributed by atoms with E-state index in [2.05, 4.69) is 29.3 Å². The van der Waals surface area contributed by atoms with E-state index in [1.807, 2.05) is 12.1 Å². The highest BCUT2D eigenvalue weighted by molar-refractivity contribution is 6.32. The normalized spacial score (nSPS) is 12.9. The molecule has 0 saturated heterocycles. The minimum absolute atomic E-state index is 0.277. The number of carbonyl (C=O) groups excluding carboxylic acids is 1. The Bertz CT molecular complexity index is 833. The molecule has 0 bridgehead atoms. The molecule has 0 aromatic heterocycles. The summed E-state index contributed by atoms with van der Waals surface area (Å²) < 4.78 is 11.0. The lowest BCUT2D eigenvalue weighted by atomic mass is 10.2. The van der Waals surface area contributed by atoms with Crippen LogP contribution in [0.3, 0.4) is 0 Å². The number of amides is 1. The van der Waals surface area contributed by atoms with Crippen LogP contribution < -0.4 is 19.8 Å². The number of hydrogen-bond acceptors (Lipinski definition) is 5. The van der Waals surface area contributed by atoms with Crippen LogP contribution in [0.2, 0.25) is 5.02 Å². The van der Waals surface area contributed by atoms with Gasteiger partial charge in [-0.1, -0.05) is 11.6 Å². The number of hydrogen-bond donors (Lipinski definition) is 1. The lowest BCUT2D eigenvalue weighted by Gasteiger charge is -2.20. The van der Waals surface area contributed by atoms with Crippen LogP contribution in [0.5, 0.6) is 11.5 Å². The first-order valence-corrected chi connectivity index (χ1v) is 9.27. The molecule has 7 heteroatoms. The van der Waals surface area contributed by atoms with E-state index in [-0.39, 0.29) is 5.91 Å². The molecule has 0 unspecified atom stereocenters. The van der Waals surface area contributed by atoms with Crippen LogP contribution in [-0.4, -0.2) is 38.4 Å². The summed E-state index contributed by atoms with van der Waals surface area (Å²) in [5.41, 5.74) is 4.87. The topological polar surface area (TPSA) is 63.2 Å². The Kier molecular flexibility index (Phi) is 6.19. The fourth-order valence-corrected chi connectivity index (χ4v) is 3.12. The molecule has 0 fully saturated rings. The molecule has 0 spiro atoms. The SMILES string of the molecule is CCN(CC)c1ccc(C(=O)N/N=C\c2cc(Cl)c3c(c2)OCCO3)cc1. The van der Waals surface area contributed by atoms with E-state index in [4.69, 9.17) is 21.1 Å². The Morgan fingerprint density at radius 3 is 2.59 bits per heavy atom. The third kappa shape index (κ3) is 4.52. The second-order valence-electron chi connectivity index (χ2n) is 5.95. The lowest BCUT2D eigenvalue weighted by molar-refractivity contribution is 0.0955. The molecule has 0 radical (unpaired) electrons. The van der Waals surface area contributed by atoms with Crippen molar-refractivity contribution in [2.75, 3.05) is 31.2 Å². The van der Waals surface area contributed by atoms with Crippen LogP contribution in [0.4, 0.5) is 5.69 Å². The van der Waals surface area contributed by atoms with Gasteiger partial charge in [0.05, 0.1) is 11.2 Å². The average molecular weight is 388 g/mol. The average Bonchev–Trinajstić information content (AvgIpc) is 2.69. The quantitative estimate of drug-likeness (QED) is 0.606. The predicted molar refractivity (Wildman–Crippen MR) is 108 cm³/mol. The maximum Gasteiger partial charge on any atom is 0.271 e. The minimum atomic E-state index is -0.277. The molecule has 0 saturated carbocycles. The predicted octanol–water partition coefficient (Wildman–Crippen LogP) is 3.72. The van der Waals surface area contributed by atoms with Crippen LogP contribution >= 0.6 is 11.6 Å². The molecule has 0 atom stereocenters. The molecular formula is C20H22ClN3O3. The van der Waals surface area contributed by atoms with Crippen molar-refractivity contribution >= 4 is 29.4 Å². The molecule has 1 aliphatic heterocycles. The number of halogens is 1. The molecule has 3 rings (SSSR count). The van der Waals surface area contributed by atoms with E-state index in [0.29, 0.717) is 40.9 Å². The van der Waals surface area contributed by atoms with Crippen molar-refractivity contribution in [2.24, 2.45) is 5.10 Å². The summed E-state index contributed by atoms with van der Waals surface area (Å²) in [6, 6.07) is 10.9. The van der Waals surface area contributed by atoms with Crippen molar-refractivity contribution < 1.29 is 14.3 Å². The molecule has 2 aromatic carbocycles. The van der Waals surface area contributed by atoms with Gasteiger partial charge < -0.3 is 14.4 Å². The first-order valence-electron chi connectivity index (χ1n) is 8.90. The van der Waals surface area contributed by atoms with E-state index >= 15 is 0 Å². The largest absolute Gasteiger partial charge is 0.486 e. The third-order valence-corrected chi connectivity index (χ3v) is 4.54. The maximum atomic E-state index is 12.2. The second kappa shape index (κ2) is 8.77. The molecule has 1 aliphatic rings. The van der Waals surface area contributed by atoms with Crippen molar-refractivity contribution in [3.8, 4) is 11.5 Å². The molecule has 0 aliphatic carbocycles. The minimum Gasteiger partial charge on any atom is -0.486 e. The summed E-state index contributed by atoms with van der Waals surface area (Å²) in [6.45, 7) is 6.99. The van der Waals surface area contributed by atoms with E-state index < -0.39 is 0 Å². The number of ether oxygens (including phenoxy) is 2. The van der Waals surface area contributed by atoms with Crippen LogP contribution in [0.25, 0.3) is 0 Å². The van der Waals surface area contributed by atoms with Crippen molar-refractivity contribution in [1.82, 2.24) is 5.43 Å². The van der Waals surface area contributed by atoms with Crippen LogP contribution in [0, 0.1) is 0 Å². The first-order chi connectivity index (χ1) is 13.1. The molecule has 1 heterocycles. The number of hydrazone groups is 1. The zero-order chi connectivity index (χ0) is 19.2. The van der Waals surface area contributed by atoms with Gasteiger partial charge in [0.15, 0.2) is 11.5 Å². The van der Waals surface area contributed by atoms with E-state index in [9.17, 15) is 4.79 Å². The summed E-state index contributed by atoms with van der Waals surface area (Å²) in [6.07, 6.45) is 1.52. The van der Waals surface area contributed by atoms with Gasteiger partial charge in [-0.25, -0.2) is 5.43 Å². The fourth-order valence-electron chi connectivity index (χ4n) is 2.85. The van der Waals surface area contributed by atoms with Gasteiger partial charge in [-0.05, 0) is 55.8 Å². The van der Waals surface area contributed by atoms with Crippen LogP contribution in [-0.2, 0) is 0 Å². The highest BCUT2D eigenvalue weighted by atomic mass is 35.5. The Morgan fingerprint density at radius 2 is 1.89 bits per heavy atom. The van der Waals surface area contributed by atoms with Crippen molar-refractivity contribution in [3.05, 3.63) is 52.5 Å². The van der Waals surface area contributed by atoms with Crippen molar-refractivity contribution in [2.45, 2.75) is 13.8 Å². The van der Waals surface area contributed by atoms with E-state index in [1.54, 1.807) is 24.3 Å². The van der Waals surface area contributed by atoms with Gasteiger partial charge in [-0.15, -0.1) is 0 Å². The molecular weight excluding hydrogens is 366 g/mol. The van der Waals surface area contributed by atoms with Crippen LogP contribution in [0.1, 0.15) is 29.8 Å². The van der Waals surface area contributed by atoms with E-state index in [0.717, 1.165) is 18.8 Å². The van der Waals surface area contributed by atoms with Crippen molar-refractivity contribution in [1.29, 1.82) is 0 Å². The summed E-state index contributed by atoms with van der Waals surface area (Å²) in [4.78, 5) is 14.5. The number of rotatable bonds is 6. The second-order valence-corrected chi connectivity index (χ2v) is 6.35. The standard InChI is InChI=1S/C20H22ClN3O3/c1-3-24(4-2)16-7-5-15(6-8-16)20(25)23-22-13-14-11-17(21)19-18(12-14)26-9-10-27-19/h5-8,11-13H,3-4,9-10H2,1-2H3,(H,23,25)/b22-13-. The number of nitrogens with zero attached hydrogens (tertiary/aromatic N) is 2. The third-order valence-electron chi connectivity index (χ3n) is 4.26. The Hall–Kier alpha value is -2.73. The maximum absolute atomic E-state index is 12.2. The monoisotopic (exact) mass is 387 g/mol. The van der Waals surface area contributed by atoms with Gasteiger partial charge in [0, 0.05) is 24.3 Å². The fraction of sp³-hybridized carbons (Fsp3) is 0.300. The summed E-state index contributed by atoms with van der Waals surface area (Å²) >= 11 is 6.19. The molecule has 142 valence electrons.